The second kappa shape index (κ2) is 9.26. The predicted molar refractivity (Wildman–Crippen MR) is 79.6 cm³/mol. The molecule has 116 valence electrons. The second-order valence-electron chi connectivity index (χ2n) is 5.30. The first-order chi connectivity index (χ1) is 10.0. The molecule has 5 heteroatoms. The van der Waals surface area contributed by atoms with E-state index in [0.29, 0.717) is 30.9 Å². The Hall–Kier alpha value is -1.72. The number of benzene rings is 1. The van der Waals surface area contributed by atoms with Gasteiger partial charge in [-0.2, -0.15) is 0 Å². The lowest BCUT2D eigenvalue weighted by molar-refractivity contribution is -0.183. The third-order valence-electron chi connectivity index (χ3n) is 2.76. The standard InChI is InChI=1S/C16H23NO4/c1-12(2)11-20-13(3)21-17-16(19)9-8-14-4-6-15(10-18)7-5-14/h4-7,10,12-13H,8-9,11H2,1-3H3,(H,17,19). The molecule has 0 radical (unpaired) electrons. The number of nitrogens with one attached hydrogen (secondary N) is 1. The van der Waals surface area contributed by atoms with Gasteiger partial charge in [0.2, 0.25) is 5.91 Å². The summed E-state index contributed by atoms with van der Waals surface area (Å²) in [4.78, 5) is 27.3. The van der Waals surface area contributed by atoms with Crippen LogP contribution >= 0.6 is 0 Å². The minimum atomic E-state index is -0.469. The molecule has 0 aliphatic carbocycles. The molecule has 1 unspecified atom stereocenters. The maximum absolute atomic E-state index is 11.6. The van der Waals surface area contributed by atoms with Crippen LogP contribution in [0.5, 0.6) is 0 Å². The molecule has 0 aromatic heterocycles. The first-order valence-corrected chi connectivity index (χ1v) is 7.11. The number of ether oxygens (including phenoxy) is 1. The normalized spacial score (nSPS) is 12.2. The third-order valence-corrected chi connectivity index (χ3v) is 2.76. The Morgan fingerprint density at radius 1 is 1.24 bits per heavy atom. The molecule has 0 aliphatic heterocycles. The Balaban J connectivity index is 2.22. The maximum atomic E-state index is 11.6. The predicted octanol–water partition coefficient (Wildman–Crippen LogP) is 2.50. The highest BCUT2D eigenvalue weighted by molar-refractivity contribution is 5.75. The second-order valence-corrected chi connectivity index (χ2v) is 5.30. The Morgan fingerprint density at radius 2 is 1.90 bits per heavy atom. The number of hydrogen-bond donors (Lipinski definition) is 1. The summed E-state index contributed by atoms with van der Waals surface area (Å²) in [6.07, 6.45) is 1.23. The van der Waals surface area contributed by atoms with Gasteiger partial charge in [-0.05, 0) is 24.8 Å². The lowest BCUT2D eigenvalue weighted by Gasteiger charge is -2.15. The van der Waals surface area contributed by atoms with E-state index in [1.165, 1.54) is 0 Å². The van der Waals surface area contributed by atoms with Crippen LogP contribution in [0.2, 0.25) is 0 Å². The monoisotopic (exact) mass is 293 g/mol. The number of carbonyl (C=O) groups is 2. The summed E-state index contributed by atoms with van der Waals surface area (Å²) in [7, 11) is 0. The van der Waals surface area contributed by atoms with Crippen molar-refractivity contribution in [2.75, 3.05) is 6.61 Å². The number of hydroxylamine groups is 1. The van der Waals surface area contributed by atoms with E-state index < -0.39 is 6.29 Å². The van der Waals surface area contributed by atoms with Crippen molar-refractivity contribution in [1.29, 1.82) is 0 Å². The number of hydrogen-bond acceptors (Lipinski definition) is 4. The molecule has 0 heterocycles. The molecule has 0 bridgehead atoms. The summed E-state index contributed by atoms with van der Waals surface area (Å²) < 4.78 is 5.37. The van der Waals surface area contributed by atoms with Crippen LogP contribution in [0.15, 0.2) is 24.3 Å². The van der Waals surface area contributed by atoms with Gasteiger partial charge in [-0.15, -0.1) is 0 Å². The van der Waals surface area contributed by atoms with Gasteiger partial charge in [0.1, 0.15) is 6.29 Å². The van der Waals surface area contributed by atoms with E-state index in [1.54, 1.807) is 19.1 Å². The van der Waals surface area contributed by atoms with E-state index >= 15 is 0 Å². The summed E-state index contributed by atoms with van der Waals surface area (Å²) in [6.45, 7) is 6.41. The van der Waals surface area contributed by atoms with Gasteiger partial charge >= 0.3 is 0 Å². The summed E-state index contributed by atoms with van der Waals surface area (Å²) in [5.74, 6) is 0.218. The topological polar surface area (TPSA) is 64.6 Å². The Kier molecular flexibility index (Phi) is 7.64. The van der Waals surface area contributed by atoms with Crippen LogP contribution in [0.25, 0.3) is 0 Å². The van der Waals surface area contributed by atoms with Gasteiger partial charge in [0.05, 0.1) is 6.61 Å². The molecular weight excluding hydrogens is 270 g/mol. The zero-order valence-electron chi connectivity index (χ0n) is 12.8. The summed E-state index contributed by atoms with van der Waals surface area (Å²) in [5, 5.41) is 0. The minimum absolute atomic E-state index is 0.200. The van der Waals surface area contributed by atoms with Crippen molar-refractivity contribution in [3.05, 3.63) is 35.4 Å². The number of aryl methyl sites for hydroxylation is 1. The molecule has 1 rings (SSSR count). The zero-order chi connectivity index (χ0) is 15.7. The molecule has 21 heavy (non-hydrogen) atoms. The van der Waals surface area contributed by atoms with Crippen LogP contribution in [0, 0.1) is 5.92 Å². The van der Waals surface area contributed by atoms with Gasteiger partial charge in [0.25, 0.3) is 0 Å². The van der Waals surface area contributed by atoms with Crippen molar-refractivity contribution < 1.29 is 19.2 Å². The Bertz CT molecular complexity index is 442. The van der Waals surface area contributed by atoms with Crippen molar-refractivity contribution in [3.63, 3.8) is 0 Å². The summed E-state index contributed by atoms with van der Waals surface area (Å²) in [5.41, 5.74) is 4.01. The zero-order valence-corrected chi connectivity index (χ0v) is 12.8. The fourth-order valence-electron chi connectivity index (χ4n) is 1.58. The molecule has 1 atom stereocenters. The number of carbonyl (C=O) groups excluding carboxylic acids is 2. The van der Waals surface area contributed by atoms with Gasteiger partial charge in [-0.25, -0.2) is 10.3 Å². The highest BCUT2D eigenvalue weighted by Gasteiger charge is 2.07. The van der Waals surface area contributed by atoms with Gasteiger partial charge < -0.3 is 4.74 Å². The highest BCUT2D eigenvalue weighted by atomic mass is 16.8. The van der Waals surface area contributed by atoms with Crippen LogP contribution in [0.4, 0.5) is 0 Å². The van der Waals surface area contributed by atoms with Crippen LogP contribution in [-0.4, -0.2) is 25.1 Å². The first kappa shape index (κ1) is 17.3. The first-order valence-electron chi connectivity index (χ1n) is 7.11. The Labute approximate surface area is 125 Å². The van der Waals surface area contributed by atoms with E-state index in [0.717, 1.165) is 11.8 Å². The SMILES string of the molecule is CC(C)COC(C)ONC(=O)CCc1ccc(C=O)cc1. The molecule has 0 aliphatic rings. The van der Waals surface area contributed by atoms with Crippen molar-refractivity contribution in [2.45, 2.75) is 39.9 Å². The fourth-order valence-corrected chi connectivity index (χ4v) is 1.58. The Morgan fingerprint density at radius 3 is 2.48 bits per heavy atom. The van der Waals surface area contributed by atoms with Gasteiger partial charge in [0.15, 0.2) is 6.29 Å². The molecular formula is C16H23NO4. The lowest BCUT2D eigenvalue weighted by Crippen LogP contribution is -2.30. The minimum Gasteiger partial charge on any atom is -0.350 e. The van der Waals surface area contributed by atoms with Crippen LogP contribution in [-0.2, 0) is 20.8 Å². The molecule has 0 spiro atoms. The van der Waals surface area contributed by atoms with Crippen LogP contribution < -0.4 is 5.48 Å². The highest BCUT2D eigenvalue weighted by Crippen LogP contribution is 2.05. The number of amides is 1. The molecule has 1 amide bonds. The van der Waals surface area contributed by atoms with E-state index in [9.17, 15) is 9.59 Å². The molecule has 0 saturated carbocycles. The fraction of sp³-hybridized carbons (Fsp3) is 0.500. The molecule has 1 aromatic rings. The number of aldehydes is 1. The van der Waals surface area contributed by atoms with Gasteiger partial charge in [-0.3, -0.25) is 9.59 Å². The maximum Gasteiger partial charge on any atom is 0.243 e. The van der Waals surface area contributed by atoms with Crippen molar-refractivity contribution >= 4 is 12.2 Å². The average molecular weight is 293 g/mol. The number of rotatable bonds is 9. The molecule has 1 aromatic carbocycles. The van der Waals surface area contributed by atoms with E-state index in [4.69, 9.17) is 9.57 Å². The van der Waals surface area contributed by atoms with Gasteiger partial charge in [-0.1, -0.05) is 38.1 Å². The van der Waals surface area contributed by atoms with E-state index in [2.05, 4.69) is 5.48 Å². The smallest absolute Gasteiger partial charge is 0.243 e. The average Bonchev–Trinajstić information content (AvgIpc) is 2.49. The van der Waals surface area contributed by atoms with Crippen molar-refractivity contribution in [2.24, 2.45) is 5.92 Å². The molecule has 0 fully saturated rings. The molecule has 1 N–H and O–H groups in total. The molecule has 5 nitrogen and oxygen atoms in total. The summed E-state index contributed by atoms with van der Waals surface area (Å²) in [6, 6.07) is 7.15. The van der Waals surface area contributed by atoms with E-state index in [-0.39, 0.29) is 5.91 Å². The summed E-state index contributed by atoms with van der Waals surface area (Å²) >= 11 is 0. The molecule has 0 saturated heterocycles. The van der Waals surface area contributed by atoms with Crippen molar-refractivity contribution in [3.8, 4) is 0 Å². The quantitative estimate of drug-likeness (QED) is 0.431. The van der Waals surface area contributed by atoms with Gasteiger partial charge in [0, 0.05) is 12.0 Å². The largest absolute Gasteiger partial charge is 0.350 e. The van der Waals surface area contributed by atoms with Crippen LogP contribution in [0.1, 0.15) is 43.1 Å². The van der Waals surface area contributed by atoms with E-state index in [1.807, 2.05) is 26.0 Å². The van der Waals surface area contributed by atoms with Crippen molar-refractivity contribution in [1.82, 2.24) is 5.48 Å². The van der Waals surface area contributed by atoms with Crippen LogP contribution in [0.3, 0.4) is 0 Å². The lowest BCUT2D eigenvalue weighted by atomic mass is 10.1. The third kappa shape index (κ3) is 7.58.